The predicted octanol–water partition coefficient (Wildman–Crippen LogP) is 2.63. The van der Waals surface area contributed by atoms with Crippen LogP contribution in [0.5, 0.6) is 0 Å². The van der Waals surface area contributed by atoms with Gasteiger partial charge in [-0.1, -0.05) is 48.5 Å². The van der Waals surface area contributed by atoms with Crippen LogP contribution >= 0.6 is 0 Å². The second-order valence-corrected chi connectivity index (χ2v) is 8.25. The number of para-hydroxylation sites is 1. The first-order chi connectivity index (χ1) is 15.2. The van der Waals surface area contributed by atoms with Crippen molar-refractivity contribution in [1.82, 2.24) is 14.4 Å². The van der Waals surface area contributed by atoms with E-state index in [4.69, 9.17) is 4.74 Å². The Hall–Kier alpha value is -3.12. The number of hydrogen-bond acceptors (Lipinski definition) is 3. The highest BCUT2D eigenvalue weighted by molar-refractivity contribution is 5.88. The standard InChI is InChI=1S/C25H27N3O3/c29-24(16-19-6-2-1-3-7-19)27-11-10-21-20-8-4-5-9-22(20)28(23(21)17-27)18-25(30)26-12-14-31-15-13-26/h1-9H,10-18H2. The summed E-state index contributed by atoms with van der Waals surface area (Å²) in [5.74, 6) is 0.243. The van der Waals surface area contributed by atoms with Gasteiger partial charge in [-0.2, -0.15) is 0 Å². The molecular formula is C25H27N3O3. The maximum atomic E-state index is 13.0. The van der Waals surface area contributed by atoms with Gasteiger partial charge < -0.3 is 19.1 Å². The van der Waals surface area contributed by atoms with E-state index < -0.39 is 0 Å². The average Bonchev–Trinajstić information content (AvgIpc) is 3.13. The zero-order valence-electron chi connectivity index (χ0n) is 17.6. The van der Waals surface area contributed by atoms with Gasteiger partial charge in [-0.15, -0.1) is 0 Å². The lowest BCUT2D eigenvalue weighted by atomic mass is 10.0. The van der Waals surface area contributed by atoms with Gasteiger partial charge >= 0.3 is 0 Å². The number of carbonyl (C=O) groups excluding carboxylic acids is 2. The van der Waals surface area contributed by atoms with E-state index in [1.807, 2.05) is 52.3 Å². The lowest BCUT2D eigenvalue weighted by molar-refractivity contribution is -0.135. The fraction of sp³-hybridized carbons (Fsp3) is 0.360. The van der Waals surface area contributed by atoms with Crippen LogP contribution in [0.25, 0.3) is 10.9 Å². The Balaban J connectivity index is 1.42. The van der Waals surface area contributed by atoms with Gasteiger partial charge in [0.15, 0.2) is 0 Å². The fourth-order valence-corrected chi connectivity index (χ4v) is 4.72. The molecule has 2 amide bonds. The summed E-state index contributed by atoms with van der Waals surface area (Å²) in [5.41, 5.74) is 4.47. The smallest absolute Gasteiger partial charge is 0.242 e. The molecular weight excluding hydrogens is 390 g/mol. The van der Waals surface area contributed by atoms with Crippen LogP contribution in [0.3, 0.4) is 0 Å². The molecule has 160 valence electrons. The van der Waals surface area contributed by atoms with Crippen molar-refractivity contribution in [1.29, 1.82) is 0 Å². The van der Waals surface area contributed by atoms with Crippen molar-refractivity contribution < 1.29 is 14.3 Å². The molecule has 2 aromatic carbocycles. The molecule has 3 aromatic rings. The zero-order chi connectivity index (χ0) is 21.2. The molecule has 5 rings (SSSR count). The van der Waals surface area contributed by atoms with Crippen LogP contribution in [0.4, 0.5) is 0 Å². The predicted molar refractivity (Wildman–Crippen MR) is 119 cm³/mol. The van der Waals surface area contributed by atoms with Gasteiger partial charge in [0, 0.05) is 36.2 Å². The molecule has 0 spiro atoms. The molecule has 0 N–H and O–H groups in total. The van der Waals surface area contributed by atoms with E-state index in [1.54, 1.807) is 0 Å². The number of rotatable bonds is 4. The number of amides is 2. The molecule has 0 saturated carbocycles. The van der Waals surface area contributed by atoms with Crippen molar-refractivity contribution in [2.45, 2.75) is 25.9 Å². The monoisotopic (exact) mass is 417 g/mol. The molecule has 0 aliphatic carbocycles. The third kappa shape index (κ3) is 3.95. The molecule has 0 atom stereocenters. The van der Waals surface area contributed by atoms with Crippen LogP contribution in [0, 0.1) is 0 Å². The number of morpholine rings is 1. The van der Waals surface area contributed by atoms with E-state index in [0.717, 1.165) is 23.2 Å². The third-order valence-electron chi connectivity index (χ3n) is 6.37. The summed E-state index contributed by atoms with van der Waals surface area (Å²) in [6, 6.07) is 18.1. The first-order valence-corrected chi connectivity index (χ1v) is 11.0. The Bertz CT molecular complexity index is 1100. The Morgan fingerprint density at radius 1 is 0.839 bits per heavy atom. The molecule has 0 radical (unpaired) electrons. The third-order valence-corrected chi connectivity index (χ3v) is 6.37. The summed E-state index contributed by atoms with van der Waals surface area (Å²) in [5, 5.41) is 1.20. The van der Waals surface area contributed by atoms with Crippen molar-refractivity contribution in [3.05, 3.63) is 71.4 Å². The van der Waals surface area contributed by atoms with Gasteiger partial charge in [0.25, 0.3) is 0 Å². The van der Waals surface area contributed by atoms with E-state index >= 15 is 0 Å². The number of hydrogen-bond donors (Lipinski definition) is 0. The molecule has 2 aliphatic rings. The van der Waals surface area contributed by atoms with E-state index in [-0.39, 0.29) is 11.8 Å². The van der Waals surface area contributed by atoms with Gasteiger partial charge in [0.05, 0.1) is 26.2 Å². The lowest BCUT2D eigenvalue weighted by Crippen LogP contribution is -2.43. The number of ether oxygens (including phenoxy) is 1. The van der Waals surface area contributed by atoms with E-state index in [9.17, 15) is 9.59 Å². The topological polar surface area (TPSA) is 54.8 Å². The molecule has 3 heterocycles. The van der Waals surface area contributed by atoms with Gasteiger partial charge in [-0.3, -0.25) is 9.59 Å². The Kier molecular flexibility index (Phi) is 5.47. The number of benzene rings is 2. The van der Waals surface area contributed by atoms with Crippen LogP contribution in [0.2, 0.25) is 0 Å². The summed E-state index contributed by atoms with van der Waals surface area (Å²) < 4.78 is 7.52. The number of carbonyl (C=O) groups is 2. The van der Waals surface area contributed by atoms with Crippen molar-refractivity contribution in [3.63, 3.8) is 0 Å². The molecule has 1 fully saturated rings. The Morgan fingerprint density at radius 3 is 2.39 bits per heavy atom. The highest BCUT2D eigenvalue weighted by Crippen LogP contribution is 2.31. The van der Waals surface area contributed by atoms with Crippen LogP contribution in [0.15, 0.2) is 54.6 Å². The second kappa shape index (κ2) is 8.55. The maximum absolute atomic E-state index is 13.0. The first kappa shape index (κ1) is 19.8. The van der Waals surface area contributed by atoms with Crippen molar-refractivity contribution in [2.75, 3.05) is 32.8 Å². The van der Waals surface area contributed by atoms with Crippen LogP contribution < -0.4 is 0 Å². The van der Waals surface area contributed by atoms with Crippen molar-refractivity contribution >= 4 is 22.7 Å². The van der Waals surface area contributed by atoms with Gasteiger partial charge in [0.1, 0.15) is 6.54 Å². The van der Waals surface area contributed by atoms with Crippen LogP contribution in [0.1, 0.15) is 16.8 Å². The summed E-state index contributed by atoms with van der Waals surface area (Å²) in [4.78, 5) is 29.8. The Morgan fingerprint density at radius 2 is 1.58 bits per heavy atom. The summed E-state index contributed by atoms with van der Waals surface area (Å²) in [7, 11) is 0. The van der Waals surface area contributed by atoms with E-state index in [0.29, 0.717) is 52.4 Å². The number of nitrogens with zero attached hydrogens (tertiary/aromatic N) is 3. The molecule has 2 aliphatic heterocycles. The molecule has 0 bridgehead atoms. The minimum Gasteiger partial charge on any atom is -0.378 e. The van der Waals surface area contributed by atoms with E-state index in [2.05, 4.69) is 16.7 Å². The highest BCUT2D eigenvalue weighted by Gasteiger charge is 2.28. The molecule has 6 heteroatoms. The SMILES string of the molecule is O=C(Cn1c2c(c3ccccc31)CCN(C(=O)Cc1ccccc1)C2)N1CCOCC1. The molecule has 6 nitrogen and oxygen atoms in total. The van der Waals surface area contributed by atoms with Gasteiger partial charge in [-0.25, -0.2) is 0 Å². The molecule has 31 heavy (non-hydrogen) atoms. The fourth-order valence-electron chi connectivity index (χ4n) is 4.72. The summed E-state index contributed by atoms with van der Waals surface area (Å²) in [6.45, 7) is 4.03. The van der Waals surface area contributed by atoms with Crippen LogP contribution in [-0.4, -0.2) is 59.0 Å². The first-order valence-electron chi connectivity index (χ1n) is 11.0. The normalized spacial score (nSPS) is 16.4. The van der Waals surface area contributed by atoms with Gasteiger partial charge in [0.2, 0.25) is 11.8 Å². The minimum absolute atomic E-state index is 0.111. The summed E-state index contributed by atoms with van der Waals surface area (Å²) in [6.07, 6.45) is 1.22. The minimum atomic E-state index is 0.111. The lowest BCUT2D eigenvalue weighted by Gasteiger charge is -2.30. The van der Waals surface area contributed by atoms with Crippen molar-refractivity contribution in [2.24, 2.45) is 0 Å². The van der Waals surface area contributed by atoms with Gasteiger partial charge in [-0.05, 0) is 23.6 Å². The number of fused-ring (bicyclic) bond motifs is 3. The number of aromatic nitrogens is 1. The molecule has 1 saturated heterocycles. The van der Waals surface area contributed by atoms with E-state index in [1.165, 1.54) is 10.9 Å². The van der Waals surface area contributed by atoms with Crippen molar-refractivity contribution in [3.8, 4) is 0 Å². The quantitative estimate of drug-likeness (QED) is 0.656. The molecule has 0 unspecified atom stereocenters. The second-order valence-electron chi connectivity index (χ2n) is 8.25. The Labute approximate surface area is 182 Å². The average molecular weight is 418 g/mol. The highest BCUT2D eigenvalue weighted by atomic mass is 16.5. The molecule has 1 aromatic heterocycles. The largest absolute Gasteiger partial charge is 0.378 e. The zero-order valence-corrected chi connectivity index (χ0v) is 17.6. The van der Waals surface area contributed by atoms with Crippen LogP contribution in [-0.2, 0) is 40.3 Å². The summed E-state index contributed by atoms with van der Waals surface area (Å²) >= 11 is 0. The maximum Gasteiger partial charge on any atom is 0.242 e.